The number of benzene rings is 3. The van der Waals surface area contributed by atoms with Crippen LogP contribution in [0.15, 0.2) is 138 Å². The number of sulfone groups is 1. The first-order chi connectivity index (χ1) is 20.8. The zero-order chi connectivity index (χ0) is 31.7. The van der Waals surface area contributed by atoms with Crippen LogP contribution in [0, 0.1) is 0 Å². The van der Waals surface area contributed by atoms with E-state index in [9.17, 15) is 13.2 Å². The van der Waals surface area contributed by atoms with Crippen molar-refractivity contribution >= 4 is 33.2 Å². The Morgan fingerprint density at radius 3 is 2.21 bits per heavy atom. The second-order valence-electron chi connectivity index (χ2n) is 8.86. The van der Waals surface area contributed by atoms with E-state index in [0.29, 0.717) is 28.8 Å². The maximum absolute atomic E-state index is 13.4. The van der Waals surface area contributed by atoms with Crippen LogP contribution in [-0.2, 0) is 9.84 Å². The molecule has 7 heteroatoms. The van der Waals surface area contributed by atoms with Crippen LogP contribution < -0.4 is 5.32 Å². The molecule has 3 aromatic carbocycles. The third kappa shape index (κ3) is 10.5. The van der Waals surface area contributed by atoms with Crippen molar-refractivity contribution < 1.29 is 13.2 Å². The van der Waals surface area contributed by atoms with Crippen molar-refractivity contribution in [2.75, 3.05) is 17.3 Å². The number of amides is 1. The summed E-state index contributed by atoms with van der Waals surface area (Å²) >= 11 is 1.56. The van der Waals surface area contributed by atoms with E-state index in [4.69, 9.17) is 0 Å². The molecule has 0 bridgehead atoms. The van der Waals surface area contributed by atoms with Crippen molar-refractivity contribution in [3.05, 3.63) is 134 Å². The summed E-state index contributed by atoms with van der Waals surface area (Å²) < 4.78 is 25.3. The number of carbonyl (C=O) groups is 1. The highest BCUT2D eigenvalue weighted by Crippen LogP contribution is 2.31. The molecule has 0 saturated heterocycles. The first kappa shape index (κ1) is 35.0. The standard InChI is InChI=1S/C28H26N2O3S2.C6H8.C2H6/c1-3-16-35(32,33)24-11-7-8-20(18-24)26-19-23(34-2)13-14-25(26)28(31)30-22-10-6-9-21(17-22)27-12-4-5-15-29-27;1-3-5-6-4-2;1-2/h4-15,17-19H,3,16H2,1-2H3,(H,30,31);3-6H,1-2H2;1-2H3/b;6-5-;. The van der Waals surface area contributed by atoms with Gasteiger partial charge in [0.05, 0.1) is 16.3 Å². The van der Waals surface area contributed by atoms with Gasteiger partial charge < -0.3 is 5.32 Å². The second-order valence-corrected chi connectivity index (χ2v) is 11.9. The number of anilines is 1. The van der Waals surface area contributed by atoms with E-state index < -0.39 is 9.84 Å². The van der Waals surface area contributed by atoms with Crippen LogP contribution in [0.2, 0.25) is 0 Å². The van der Waals surface area contributed by atoms with Gasteiger partial charge in [0, 0.05) is 27.9 Å². The molecule has 1 amide bonds. The fraction of sp³-hybridized carbons (Fsp3) is 0.167. The number of carbonyl (C=O) groups excluding carboxylic acids is 1. The highest BCUT2D eigenvalue weighted by Gasteiger charge is 2.18. The van der Waals surface area contributed by atoms with Crippen LogP contribution in [-0.4, -0.2) is 31.3 Å². The SMILES string of the molecule is C=C/C=C\C=C.CC.CCCS(=O)(=O)c1cccc(-c2cc(SC)ccc2C(=O)Nc2cccc(-c3ccccn3)c2)c1. The van der Waals surface area contributed by atoms with Crippen LogP contribution in [0.4, 0.5) is 5.69 Å². The van der Waals surface area contributed by atoms with Gasteiger partial charge in [-0.1, -0.05) is 88.6 Å². The van der Waals surface area contributed by atoms with Crippen LogP contribution in [0.5, 0.6) is 0 Å². The van der Waals surface area contributed by atoms with Crippen molar-refractivity contribution in [2.24, 2.45) is 0 Å². The zero-order valence-electron chi connectivity index (χ0n) is 25.3. The minimum absolute atomic E-state index is 0.0846. The first-order valence-electron chi connectivity index (χ1n) is 14.1. The smallest absolute Gasteiger partial charge is 0.256 e. The third-order valence-electron chi connectivity index (χ3n) is 5.91. The maximum Gasteiger partial charge on any atom is 0.256 e. The minimum atomic E-state index is -3.38. The lowest BCUT2D eigenvalue weighted by Gasteiger charge is -2.14. The van der Waals surface area contributed by atoms with Crippen LogP contribution in [0.25, 0.3) is 22.4 Å². The molecule has 4 aromatic rings. The number of hydrogen-bond acceptors (Lipinski definition) is 5. The molecule has 0 atom stereocenters. The summed E-state index contributed by atoms with van der Waals surface area (Å²) in [6.45, 7) is 12.8. The van der Waals surface area contributed by atoms with Gasteiger partial charge in [-0.25, -0.2) is 8.42 Å². The summed E-state index contributed by atoms with van der Waals surface area (Å²) in [5.74, 6) is -0.186. The molecular weight excluding hydrogens is 573 g/mol. The van der Waals surface area contributed by atoms with E-state index in [1.54, 1.807) is 54.4 Å². The second kappa shape index (κ2) is 18.4. The normalized spacial score (nSPS) is 10.5. The first-order valence-corrected chi connectivity index (χ1v) is 16.9. The van der Waals surface area contributed by atoms with Gasteiger partial charge >= 0.3 is 0 Å². The number of thioether (sulfide) groups is 1. The van der Waals surface area contributed by atoms with Gasteiger partial charge in [-0.2, -0.15) is 0 Å². The van der Waals surface area contributed by atoms with Crippen molar-refractivity contribution in [1.82, 2.24) is 4.98 Å². The molecule has 1 heterocycles. The van der Waals surface area contributed by atoms with Crippen molar-refractivity contribution in [3.63, 3.8) is 0 Å². The molecule has 0 saturated carbocycles. The zero-order valence-corrected chi connectivity index (χ0v) is 26.9. The Bertz CT molecular complexity index is 1620. The number of pyridine rings is 1. The lowest BCUT2D eigenvalue weighted by molar-refractivity contribution is 0.102. The van der Waals surface area contributed by atoms with E-state index in [1.165, 1.54) is 0 Å². The van der Waals surface area contributed by atoms with Crippen LogP contribution in [0.1, 0.15) is 37.6 Å². The predicted octanol–water partition coefficient (Wildman–Crippen LogP) is 9.51. The molecule has 0 unspecified atom stereocenters. The molecule has 0 aliphatic rings. The Labute approximate surface area is 261 Å². The van der Waals surface area contributed by atoms with Crippen LogP contribution in [0.3, 0.4) is 0 Å². The molecule has 4 rings (SSSR count). The molecule has 0 aliphatic carbocycles. The Kier molecular flexibility index (Phi) is 14.9. The van der Waals surface area contributed by atoms with Crippen molar-refractivity contribution in [3.8, 4) is 22.4 Å². The van der Waals surface area contributed by atoms with Gasteiger partial charge in [0.25, 0.3) is 5.91 Å². The number of hydrogen-bond donors (Lipinski definition) is 1. The quantitative estimate of drug-likeness (QED) is 0.143. The van der Waals surface area contributed by atoms with Gasteiger partial charge in [0.15, 0.2) is 9.84 Å². The average Bonchev–Trinajstić information content (AvgIpc) is 3.05. The van der Waals surface area contributed by atoms with Crippen molar-refractivity contribution in [2.45, 2.75) is 37.0 Å². The summed E-state index contributed by atoms with van der Waals surface area (Å²) in [4.78, 5) is 19.0. The highest BCUT2D eigenvalue weighted by atomic mass is 32.2. The summed E-state index contributed by atoms with van der Waals surface area (Å²) in [5.41, 5.74) is 4.21. The number of aromatic nitrogens is 1. The molecule has 0 radical (unpaired) electrons. The number of nitrogens with zero attached hydrogens (tertiary/aromatic N) is 1. The van der Waals surface area contributed by atoms with E-state index in [2.05, 4.69) is 23.5 Å². The van der Waals surface area contributed by atoms with Gasteiger partial charge in [-0.05, 0) is 78.4 Å². The fourth-order valence-electron chi connectivity index (χ4n) is 3.98. The summed E-state index contributed by atoms with van der Waals surface area (Å²) in [6, 6.07) is 25.7. The van der Waals surface area contributed by atoms with E-state index in [0.717, 1.165) is 16.2 Å². The number of nitrogens with one attached hydrogen (secondary N) is 1. The lowest BCUT2D eigenvalue weighted by Crippen LogP contribution is -2.13. The highest BCUT2D eigenvalue weighted by molar-refractivity contribution is 7.98. The summed E-state index contributed by atoms with van der Waals surface area (Å²) in [5, 5.41) is 2.99. The minimum Gasteiger partial charge on any atom is -0.322 e. The monoisotopic (exact) mass is 612 g/mol. The summed E-state index contributed by atoms with van der Waals surface area (Å²) in [6.07, 6.45) is 11.3. The topological polar surface area (TPSA) is 76.1 Å². The molecule has 224 valence electrons. The van der Waals surface area contributed by atoms with Gasteiger partial charge in [0.2, 0.25) is 0 Å². The molecule has 0 fully saturated rings. The predicted molar refractivity (Wildman–Crippen MR) is 185 cm³/mol. The largest absolute Gasteiger partial charge is 0.322 e. The van der Waals surface area contributed by atoms with Crippen LogP contribution >= 0.6 is 11.8 Å². The lowest BCUT2D eigenvalue weighted by atomic mass is 9.99. The Hall–Kier alpha value is -4.20. The maximum atomic E-state index is 13.4. The molecule has 0 aliphatic heterocycles. The number of allylic oxidation sites excluding steroid dienone is 4. The van der Waals surface area contributed by atoms with E-state index in [-0.39, 0.29) is 16.6 Å². The number of rotatable bonds is 10. The molecule has 43 heavy (non-hydrogen) atoms. The van der Waals surface area contributed by atoms with E-state index in [1.807, 2.05) is 99.8 Å². The Morgan fingerprint density at radius 2 is 1.58 bits per heavy atom. The third-order valence-corrected chi connectivity index (χ3v) is 8.56. The Balaban J connectivity index is 0.000000720. The van der Waals surface area contributed by atoms with E-state index >= 15 is 0 Å². The van der Waals surface area contributed by atoms with Crippen molar-refractivity contribution in [1.29, 1.82) is 0 Å². The molecular formula is C36H40N2O3S2. The van der Waals surface area contributed by atoms with Gasteiger partial charge in [-0.15, -0.1) is 11.8 Å². The van der Waals surface area contributed by atoms with Gasteiger partial charge in [-0.3, -0.25) is 9.78 Å². The average molecular weight is 613 g/mol. The Morgan fingerprint density at radius 1 is 0.884 bits per heavy atom. The molecule has 0 spiro atoms. The molecule has 5 nitrogen and oxygen atoms in total. The molecule has 1 aromatic heterocycles. The summed E-state index contributed by atoms with van der Waals surface area (Å²) in [7, 11) is -3.38. The fourth-order valence-corrected chi connectivity index (χ4v) is 5.78. The van der Waals surface area contributed by atoms with Gasteiger partial charge in [0.1, 0.15) is 0 Å². The molecule has 1 N–H and O–H groups in total.